The summed E-state index contributed by atoms with van der Waals surface area (Å²) in [5, 5.41) is 4.64. The number of carbonyl (C=O) groups excluding carboxylic acids is 2. The third kappa shape index (κ3) is 3.78. The second kappa shape index (κ2) is 8.30. The number of rotatable bonds is 5. The van der Waals surface area contributed by atoms with Crippen molar-refractivity contribution in [2.75, 3.05) is 11.9 Å². The van der Waals surface area contributed by atoms with E-state index in [9.17, 15) is 9.59 Å². The Hall–Kier alpha value is -2.93. The Labute approximate surface area is 185 Å². The molecule has 5 rings (SSSR count). The lowest BCUT2D eigenvalue weighted by Crippen LogP contribution is -2.41. The van der Waals surface area contributed by atoms with E-state index < -0.39 is 0 Å². The lowest BCUT2D eigenvalue weighted by Gasteiger charge is -2.35. The van der Waals surface area contributed by atoms with Crippen LogP contribution in [0.4, 0.5) is 5.82 Å². The molecule has 8 heteroatoms. The van der Waals surface area contributed by atoms with Gasteiger partial charge in [0.25, 0.3) is 0 Å². The average molecular weight is 438 g/mol. The molecule has 1 aromatic carbocycles. The molecule has 7 nitrogen and oxygen atoms in total. The molecule has 1 saturated heterocycles. The molecule has 0 atom stereocenters. The highest BCUT2D eigenvalue weighted by atomic mass is 35.5. The van der Waals surface area contributed by atoms with E-state index in [-0.39, 0.29) is 11.8 Å². The van der Waals surface area contributed by atoms with Crippen LogP contribution in [0, 0.1) is 0 Å². The Morgan fingerprint density at radius 1 is 1.13 bits per heavy atom. The third-order valence-electron chi connectivity index (χ3n) is 6.42. The van der Waals surface area contributed by atoms with Crippen LogP contribution in [0.25, 0.3) is 11.0 Å². The Morgan fingerprint density at radius 2 is 1.94 bits per heavy atom. The molecule has 1 saturated carbocycles. The fraction of sp³-hybridized carbons (Fsp3) is 0.391. The highest BCUT2D eigenvalue weighted by Gasteiger charge is 2.31. The number of benzene rings is 1. The van der Waals surface area contributed by atoms with Crippen LogP contribution < -0.4 is 5.32 Å². The van der Waals surface area contributed by atoms with Gasteiger partial charge in [0.05, 0.1) is 16.0 Å². The lowest BCUT2D eigenvalue weighted by atomic mass is 9.90. The number of likely N-dealkylation sites (tertiary alicyclic amines) is 1. The van der Waals surface area contributed by atoms with Gasteiger partial charge in [-0.15, -0.1) is 0 Å². The van der Waals surface area contributed by atoms with Crippen LogP contribution in [-0.4, -0.2) is 50.2 Å². The molecule has 1 amide bonds. The third-order valence-corrected chi connectivity index (χ3v) is 6.75. The van der Waals surface area contributed by atoms with Crippen LogP contribution in [0.3, 0.4) is 0 Å². The molecular weight excluding hydrogens is 414 g/mol. The molecule has 3 aromatic rings. The maximum atomic E-state index is 13.2. The van der Waals surface area contributed by atoms with Gasteiger partial charge in [-0.2, -0.15) is 0 Å². The predicted octanol–water partition coefficient (Wildman–Crippen LogP) is 4.19. The van der Waals surface area contributed by atoms with Crippen molar-refractivity contribution < 1.29 is 9.59 Å². The summed E-state index contributed by atoms with van der Waals surface area (Å²) in [4.78, 5) is 39.1. The molecule has 31 heavy (non-hydrogen) atoms. The number of fused-ring (bicyclic) bond motifs is 1. The minimum atomic E-state index is -0.161. The molecule has 3 heterocycles. The van der Waals surface area contributed by atoms with Crippen LogP contribution >= 0.6 is 11.6 Å². The van der Waals surface area contributed by atoms with Crippen molar-refractivity contribution in [1.29, 1.82) is 0 Å². The number of hydrogen-bond acceptors (Lipinski definition) is 5. The molecule has 2 fully saturated rings. The fourth-order valence-corrected chi connectivity index (χ4v) is 5.04. The first kappa shape index (κ1) is 20.0. The number of amides is 1. The predicted molar refractivity (Wildman–Crippen MR) is 119 cm³/mol. The van der Waals surface area contributed by atoms with Crippen molar-refractivity contribution in [3.05, 3.63) is 52.9 Å². The molecule has 160 valence electrons. The Kier molecular flexibility index (Phi) is 5.36. The van der Waals surface area contributed by atoms with Crippen molar-refractivity contribution in [2.24, 2.45) is 0 Å². The fourth-order valence-electron chi connectivity index (χ4n) is 4.82. The van der Waals surface area contributed by atoms with E-state index >= 15 is 0 Å². The van der Waals surface area contributed by atoms with E-state index in [1.165, 1.54) is 6.33 Å². The van der Waals surface area contributed by atoms with E-state index in [1.807, 2.05) is 0 Å². The Morgan fingerprint density at radius 3 is 2.68 bits per heavy atom. The molecule has 1 aliphatic carbocycles. The van der Waals surface area contributed by atoms with E-state index in [0.29, 0.717) is 51.4 Å². The van der Waals surface area contributed by atoms with Gasteiger partial charge in [0.15, 0.2) is 5.78 Å². The van der Waals surface area contributed by atoms with Crippen LogP contribution in [0.5, 0.6) is 0 Å². The number of halogens is 1. The minimum absolute atomic E-state index is 0.161. The molecular formula is C23H24ClN5O2. The van der Waals surface area contributed by atoms with Gasteiger partial charge in [0.2, 0.25) is 5.91 Å². The summed E-state index contributed by atoms with van der Waals surface area (Å²) in [7, 11) is 0. The topological polar surface area (TPSA) is 91.0 Å². The summed E-state index contributed by atoms with van der Waals surface area (Å²) in [6, 6.07) is 7.63. The first-order chi connectivity index (χ1) is 15.1. The molecule has 0 unspecified atom stereocenters. The number of anilines is 1. The zero-order valence-electron chi connectivity index (χ0n) is 17.1. The second-order valence-electron chi connectivity index (χ2n) is 8.30. The monoisotopic (exact) mass is 437 g/mol. The van der Waals surface area contributed by atoms with Crippen LogP contribution in [0.2, 0.25) is 5.02 Å². The number of H-pyrrole nitrogens is 1. The highest BCUT2D eigenvalue weighted by molar-refractivity contribution is 6.35. The Bertz CT molecular complexity index is 1140. The molecule has 0 spiro atoms. The number of ketones is 1. The normalized spacial score (nSPS) is 21.6. The van der Waals surface area contributed by atoms with Gasteiger partial charge >= 0.3 is 0 Å². The standard InChI is InChI=1S/C23H24ClN5O2/c24-18-5-2-1-4-16(18)21(31)17-12-25-22-20(17)23(27-13-26-22)28-14-7-9-15(10-8-14)29-11-3-6-19(29)30/h1-2,4-5,12-15H,3,6-11H2,(H2,25,26,27,28)/t14-,15+. The lowest BCUT2D eigenvalue weighted by molar-refractivity contribution is -0.130. The first-order valence-electron chi connectivity index (χ1n) is 10.8. The van der Waals surface area contributed by atoms with Gasteiger partial charge in [0.1, 0.15) is 17.8 Å². The zero-order valence-corrected chi connectivity index (χ0v) is 17.9. The van der Waals surface area contributed by atoms with Crippen molar-refractivity contribution in [3.63, 3.8) is 0 Å². The van der Waals surface area contributed by atoms with Gasteiger partial charge in [-0.3, -0.25) is 9.59 Å². The largest absolute Gasteiger partial charge is 0.367 e. The van der Waals surface area contributed by atoms with Crippen molar-refractivity contribution in [2.45, 2.75) is 50.6 Å². The van der Waals surface area contributed by atoms with Crippen molar-refractivity contribution in [3.8, 4) is 0 Å². The number of nitrogens with one attached hydrogen (secondary N) is 2. The Balaban J connectivity index is 1.36. The molecule has 0 radical (unpaired) electrons. The maximum absolute atomic E-state index is 13.2. The second-order valence-corrected chi connectivity index (χ2v) is 8.70. The number of aromatic nitrogens is 3. The number of aromatic amines is 1. The molecule has 1 aliphatic heterocycles. The number of hydrogen-bond donors (Lipinski definition) is 2. The van der Waals surface area contributed by atoms with E-state index in [2.05, 4.69) is 25.2 Å². The SMILES string of the molecule is O=C(c1ccccc1Cl)c1c[nH]c2ncnc(N[C@H]3CC[C@@H](N4CCCC4=O)CC3)c12. The smallest absolute Gasteiger partial charge is 0.222 e. The van der Waals surface area contributed by atoms with Gasteiger partial charge in [-0.05, 0) is 44.2 Å². The quantitative estimate of drug-likeness (QED) is 0.584. The summed E-state index contributed by atoms with van der Waals surface area (Å²) in [5.41, 5.74) is 1.57. The minimum Gasteiger partial charge on any atom is -0.367 e. The molecule has 2 aromatic heterocycles. The number of carbonyl (C=O) groups is 2. The van der Waals surface area contributed by atoms with Crippen LogP contribution in [-0.2, 0) is 4.79 Å². The molecule has 2 aliphatic rings. The average Bonchev–Trinajstić information content (AvgIpc) is 3.41. The van der Waals surface area contributed by atoms with Crippen LogP contribution in [0.15, 0.2) is 36.8 Å². The zero-order chi connectivity index (χ0) is 21.4. The molecule has 0 bridgehead atoms. The van der Waals surface area contributed by atoms with E-state index in [1.54, 1.807) is 30.5 Å². The van der Waals surface area contributed by atoms with Gasteiger partial charge in [-0.1, -0.05) is 23.7 Å². The highest BCUT2D eigenvalue weighted by Crippen LogP contribution is 2.31. The van der Waals surface area contributed by atoms with Gasteiger partial charge in [-0.25, -0.2) is 9.97 Å². The first-order valence-corrected chi connectivity index (χ1v) is 11.2. The van der Waals surface area contributed by atoms with E-state index in [4.69, 9.17) is 11.6 Å². The van der Waals surface area contributed by atoms with Crippen molar-refractivity contribution in [1.82, 2.24) is 19.9 Å². The summed E-state index contributed by atoms with van der Waals surface area (Å²) in [5.74, 6) is 0.789. The summed E-state index contributed by atoms with van der Waals surface area (Å²) >= 11 is 6.25. The van der Waals surface area contributed by atoms with E-state index in [0.717, 1.165) is 38.6 Å². The number of nitrogens with zero attached hydrogens (tertiary/aromatic N) is 3. The summed E-state index contributed by atoms with van der Waals surface area (Å²) in [6.07, 6.45) is 8.71. The van der Waals surface area contributed by atoms with Crippen molar-refractivity contribution >= 4 is 40.1 Å². The maximum Gasteiger partial charge on any atom is 0.222 e. The summed E-state index contributed by atoms with van der Waals surface area (Å²) in [6.45, 7) is 0.894. The van der Waals surface area contributed by atoms with Gasteiger partial charge < -0.3 is 15.2 Å². The van der Waals surface area contributed by atoms with Gasteiger partial charge in [0, 0.05) is 36.8 Å². The summed E-state index contributed by atoms with van der Waals surface area (Å²) < 4.78 is 0. The van der Waals surface area contributed by atoms with Crippen LogP contribution in [0.1, 0.15) is 54.4 Å². The molecule has 2 N–H and O–H groups in total.